The van der Waals surface area contributed by atoms with E-state index in [1.54, 1.807) is 0 Å². The Morgan fingerprint density at radius 1 is 1.04 bits per heavy atom. The Hall–Kier alpha value is -3.09. The molecule has 2 heterocycles. The van der Waals surface area contributed by atoms with Crippen molar-refractivity contribution >= 4 is 17.4 Å². The van der Waals surface area contributed by atoms with E-state index in [1.807, 2.05) is 54.3 Å². The number of ether oxygens (including phenoxy) is 3. The highest BCUT2D eigenvalue weighted by molar-refractivity contribution is 5.91. The lowest BCUT2D eigenvalue weighted by Crippen LogP contribution is -2.50. The first-order valence-electron chi connectivity index (χ1n) is 9.67. The molecule has 4 rings (SSSR count). The van der Waals surface area contributed by atoms with Crippen LogP contribution in [-0.2, 0) is 0 Å². The number of carbonyl (C=O) groups is 1. The molecule has 1 fully saturated rings. The Kier molecular flexibility index (Phi) is 5.41. The first-order valence-corrected chi connectivity index (χ1v) is 9.67. The highest BCUT2D eigenvalue weighted by atomic mass is 16.6. The minimum absolute atomic E-state index is 0.103. The first-order chi connectivity index (χ1) is 13.7. The Balaban J connectivity index is 1.36. The second kappa shape index (κ2) is 8.29. The number of hydrogen-bond donors (Lipinski definition) is 1. The SMILES string of the molecule is CCOc1ccccc1NC(=O)N1CCN(c2ccc3c(c2)OCCO3)CC1. The molecular weight excluding hydrogens is 358 g/mol. The van der Waals surface area contributed by atoms with Crippen molar-refractivity contribution < 1.29 is 19.0 Å². The van der Waals surface area contributed by atoms with Crippen LogP contribution >= 0.6 is 0 Å². The monoisotopic (exact) mass is 383 g/mol. The van der Waals surface area contributed by atoms with Crippen LogP contribution in [0.2, 0.25) is 0 Å². The minimum Gasteiger partial charge on any atom is -0.492 e. The van der Waals surface area contributed by atoms with Crippen molar-refractivity contribution in [3.63, 3.8) is 0 Å². The molecule has 2 aliphatic rings. The number of rotatable bonds is 4. The van der Waals surface area contributed by atoms with Gasteiger partial charge in [-0.25, -0.2) is 4.79 Å². The average molecular weight is 383 g/mol. The molecule has 0 radical (unpaired) electrons. The third-order valence-electron chi connectivity index (χ3n) is 4.89. The van der Waals surface area contributed by atoms with E-state index in [9.17, 15) is 4.79 Å². The van der Waals surface area contributed by atoms with Gasteiger partial charge >= 0.3 is 6.03 Å². The summed E-state index contributed by atoms with van der Waals surface area (Å²) in [6.07, 6.45) is 0. The topological polar surface area (TPSA) is 63.3 Å². The number of hydrogen-bond acceptors (Lipinski definition) is 5. The van der Waals surface area contributed by atoms with Gasteiger partial charge in [-0.2, -0.15) is 0 Å². The summed E-state index contributed by atoms with van der Waals surface area (Å²) in [7, 11) is 0. The van der Waals surface area contributed by atoms with Gasteiger partial charge in [0.15, 0.2) is 11.5 Å². The standard InChI is InChI=1S/C21H25N3O4/c1-2-26-18-6-4-3-5-17(18)22-21(25)24-11-9-23(10-12-24)16-7-8-19-20(15-16)28-14-13-27-19/h3-8,15H,2,9-14H2,1H3,(H,22,25). The van der Waals surface area contributed by atoms with Gasteiger partial charge < -0.3 is 29.3 Å². The quantitative estimate of drug-likeness (QED) is 0.878. The van der Waals surface area contributed by atoms with E-state index in [2.05, 4.69) is 10.2 Å². The van der Waals surface area contributed by atoms with Gasteiger partial charge in [0.05, 0.1) is 12.3 Å². The molecule has 0 aliphatic carbocycles. The largest absolute Gasteiger partial charge is 0.492 e. The van der Waals surface area contributed by atoms with E-state index < -0.39 is 0 Å². The predicted octanol–water partition coefficient (Wildman–Crippen LogP) is 3.21. The molecule has 2 amide bonds. The van der Waals surface area contributed by atoms with Crippen LogP contribution in [0.25, 0.3) is 0 Å². The molecule has 7 nitrogen and oxygen atoms in total. The van der Waals surface area contributed by atoms with Crippen molar-refractivity contribution in [2.75, 3.05) is 56.2 Å². The van der Waals surface area contributed by atoms with E-state index >= 15 is 0 Å². The molecule has 7 heteroatoms. The van der Waals surface area contributed by atoms with E-state index in [0.29, 0.717) is 44.3 Å². The van der Waals surface area contributed by atoms with Crippen LogP contribution in [0.5, 0.6) is 17.2 Å². The number of nitrogens with zero attached hydrogens (tertiary/aromatic N) is 2. The molecule has 1 saturated heterocycles. The zero-order valence-electron chi connectivity index (χ0n) is 16.0. The summed E-state index contributed by atoms with van der Waals surface area (Å²) in [5.74, 6) is 2.27. The number of anilines is 2. The summed E-state index contributed by atoms with van der Waals surface area (Å²) in [5.41, 5.74) is 1.79. The van der Waals surface area contributed by atoms with Crippen molar-refractivity contribution in [1.82, 2.24) is 4.90 Å². The lowest BCUT2D eigenvalue weighted by molar-refractivity contribution is 0.171. The Bertz CT molecular complexity index is 834. The molecule has 28 heavy (non-hydrogen) atoms. The molecule has 2 aromatic rings. The lowest BCUT2D eigenvalue weighted by atomic mass is 10.2. The fourth-order valence-electron chi connectivity index (χ4n) is 3.44. The average Bonchev–Trinajstić information content (AvgIpc) is 2.75. The Labute approximate surface area is 164 Å². The van der Waals surface area contributed by atoms with Crippen molar-refractivity contribution in [2.24, 2.45) is 0 Å². The molecule has 0 unspecified atom stereocenters. The number of fused-ring (bicyclic) bond motifs is 1. The number of urea groups is 1. The number of nitrogens with one attached hydrogen (secondary N) is 1. The van der Waals surface area contributed by atoms with Gasteiger partial charge in [-0.15, -0.1) is 0 Å². The van der Waals surface area contributed by atoms with Crippen molar-refractivity contribution in [1.29, 1.82) is 0 Å². The maximum atomic E-state index is 12.7. The number of para-hydroxylation sites is 2. The van der Waals surface area contributed by atoms with Crippen LogP contribution < -0.4 is 24.4 Å². The fourth-order valence-corrected chi connectivity index (χ4v) is 3.44. The molecule has 2 aliphatic heterocycles. The highest BCUT2D eigenvalue weighted by Crippen LogP contribution is 2.34. The van der Waals surface area contributed by atoms with Crippen LogP contribution in [0.1, 0.15) is 6.92 Å². The first kappa shape index (κ1) is 18.3. The maximum absolute atomic E-state index is 12.7. The number of piperazine rings is 1. The smallest absolute Gasteiger partial charge is 0.322 e. The lowest BCUT2D eigenvalue weighted by Gasteiger charge is -2.36. The fraction of sp³-hybridized carbons (Fsp3) is 0.381. The minimum atomic E-state index is -0.103. The second-order valence-electron chi connectivity index (χ2n) is 6.66. The third kappa shape index (κ3) is 3.93. The van der Waals surface area contributed by atoms with Crippen molar-refractivity contribution in [2.45, 2.75) is 6.92 Å². The van der Waals surface area contributed by atoms with Crippen LogP contribution in [0.15, 0.2) is 42.5 Å². The molecule has 0 saturated carbocycles. The van der Waals surface area contributed by atoms with Gasteiger partial charge in [-0.3, -0.25) is 0 Å². The molecule has 0 atom stereocenters. The number of amides is 2. The Morgan fingerprint density at radius 2 is 1.79 bits per heavy atom. The van der Waals surface area contributed by atoms with Gasteiger partial charge in [0.2, 0.25) is 0 Å². The molecule has 148 valence electrons. The van der Waals surface area contributed by atoms with E-state index in [1.165, 1.54) is 0 Å². The highest BCUT2D eigenvalue weighted by Gasteiger charge is 2.23. The van der Waals surface area contributed by atoms with Gasteiger partial charge in [-0.1, -0.05) is 12.1 Å². The van der Waals surface area contributed by atoms with Gasteiger partial charge in [0, 0.05) is 37.9 Å². The van der Waals surface area contributed by atoms with Crippen LogP contribution in [0, 0.1) is 0 Å². The zero-order valence-corrected chi connectivity index (χ0v) is 16.0. The molecule has 1 N–H and O–H groups in total. The van der Waals surface area contributed by atoms with Crippen molar-refractivity contribution in [3.8, 4) is 17.2 Å². The molecule has 0 spiro atoms. The molecule has 0 aromatic heterocycles. The van der Waals surface area contributed by atoms with E-state index in [-0.39, 0.29) is 6.03 Å². The van der Waals surface area contributed by atoms with Gasteiger partial charge in [-0.05, 0) is 31.2 Å². The molecule has 2 aromatic carbocycles. The molecule has 0 bridgehead atoms. The normalized spacial score (nSPS) is 15.9. The van der Waals surface area contributed by atoms with Crippen LogP contribution in [-0.4, -0.2) is 56.9 Å². The predicted molar refractivity (Wildman–Crippen MR) is 108 cm³/mol. The summed E-state index contributed by atoms with van der Waals surface area (Å²) in [6, 6.07) is 13.4. The Morgan fingerprint density at radius 3 is 2.57 bits per heavy atom. The second-order valence-corrected chi connectivity index (χ2v) is 6.66. The summed E-state index contributed by atoms with van der Waals surface area (Å²) in [4.78, 5) is 16.8. The van der Waals surface area contributed by atoms with Gasteiger partial charge in [0.1, 0.15) is 19.0 Å². The third-order valence-corrected chi connectivity index (χ3v) is 4.89. The van der Waals surface area contributed by atoms with Crippen LogP contribution in [0.4, 0.5) is 16.2 Å². The summed E-state index contributed by atoms with van der Waals surface area (Å²) >= 11 is 0. The van der Waals surface area contributed by atoms with E-state index in [0.717, 1.165) is 30.3 Å². The molecular formula is C21H25N3O4. The maximum Gasteiger partial charge on any atom is 0.322 e. The summed E-state index contributed by atoms with van der Waals surface area (Å²) in [6.45, 7) is 6.48. The zero-order chi connectivity index (χ0) is 19.3. The van der Waals surface area contributed by atoms with E-state index in [4.69, 9.17) is 14.2 Å². The summed E-state index contributed by atoms with van der Waals surface area (Å²) in [5, 5.41) is 2.97. The number of benzene rings is 2. The van der Waals surface area contributed by atoms with Crippen molar-refractivity contribution in [3.05, 3.63) is 42.5 Å². The van der Waals surface area contributed by atoms with Gasteiger partial charge in [0.25, 0.3) is 0 Å². The number of carbonyl (C=O) groups excluding carboxylic acids is 1. The summed E-state index contributed by atoms with van der Waals surface area (Å²) < 4.78 is 16.8. The van der Waals surface area contributed by atoms with Crippen LogP contribution in [0.3, 0.4) is 0 Å².